The van der Waals surface area contributed by atoms with Gasteiger partial charge in [-0.2, -0.15) is 0 Å². The molecule has 0 heterocycles. The van der Waals surface area contributed by atoms with Crippen LogP contribution in [0.4, 0.5) is 0 Å². The van der Waals surface area contributed by atoms with Crippen LogP contribution in [0.5, 0.6) is 0 Å². The summed E-state index contributed by atoms with van der Waals surface area (Å²) in [5.41, 5.74) is 0. The Bertz CT molecular complexity index is 11.6. The molecular weight excluding hydrogens is 401 g/mol. The molecule has 0 aliphatic carbocycles. The van der Waals surface area contributed by atoms with Gasteiger partial charge in [-0.1, -0.05) is 0 Å². The van der Waals surface area contributed by atoms with Crippen molar-refractivity contribution in [2.75, 3.05) is 0 Å². The van der Waals surface area contributed by atoms with Crippen LogP contribution in [0.15, 0.2) is 0 Å². The SMILES string of the molecule is [Ca].[Cu].[Mg].[Pb].[Zn]. The Labute approximate surface area is 122 Å². The Morgan fingerprint density at radius 3 is 1.00 bits per heavy atom. The van der Waals surface area contributed by atoms with Crippen LogP contribution in [-0.4, -0.2) is 88.1 Å². The minimum absolute atomic E-state index is 0. The molecule has 0 N–H and O–H groups in total. The first-order valence-electron chi connectivity index (χ1n) is 0. The van der Waals surface area contributed by atoms with Crippen molar-refractivity contribution in [1.29, 1.82) is 0 Å². The Kier molecular flexibility index (Phi) is 173. The van der Waals surface area contributed by atoms with Gasteiger partial charge >= 0.3 is 0 Å². The largest absolute Gasteiger partial charge is 0 e. The van der Waals surface area contributed by atoms with Gasteiger partial charge in [0.2, 0.25) is 0 Å². The summed E-state index contributed by atoms with van der Waals surface area (Å²) < 4.78 is 0. The molecular formula is CaCuMgPbZn. The van der Waals surface area contributed by atoms with Crippen LogP contribution in [0.2, 0.25) is 0 Å². The summed E-state index contributed by atoms with van der Waals surface area (Å²) in [6.45, 7) is 0. The Morgan fingerprint density at radius 1 is 1.00 bits per heavy atom. The van der Waals surface area contributed by atoms with Gasteiger partial charge in [-0.15, -0.1) is 0 Å². The molecule has 0 aromatic rings. The zero-order chi connectivity index (χ0) is 0. The minimum Gasteiger partial charge on any atom is 0 e. The van der Waals surface area contributed by atoms with Gasteiger partial charge in [0, 0.05) is 125 Å². The summed E-state index contributed by atoms with van der Waals surface area (Å²) in [6, 6.07) is 0. The fourth-order valence-corrected chi connectivity index (χ4v) is 0. The number of rotatable bonds is 0. The van der Waals surface area contributed by atoms with E-state index in [2.05, 4.69) is 0 Å². The van der Waals surface area contributed by atoms with Crippen molar-refractivity contribution < 1.29 is 36.5 Å². The molecule has 0 atom stereocenters. The summed E-state index contributed by atoms with van der Waals surface area (Å²) in [7, 11) is 0. The molecule has 0 aromatic carbocycles. The molecule has 0 saturated carbocycles. The van der Waals surface area contributed by atoms with Crippen molar-refractivity contribution >= 4 is 88.1 Å². The van der Waals surface area contributed by atoms with Gasteiger partial charge in [-0.25, -0.2) is 0 Å². The van der Waals surface area contributed by atoms with Gasteiger partial charge in [-0.05, 0) is 0 Å². The molecule has 0 aromatic heterocycles. The Balaban J connectivity index is 0. The summed E-state index contributed by atoms with van der Waals surface area (Å²) >= 11 is 0. The zero-order valence-electron chi connectivity index (χ0n) is 2.92. The molecule has 0 unspecified atom stereocenters. The molecule has 5 heteroatoms. The smallest absolute Gasteiger partial charge is 0 e. The summed E-state index contributed by atoms with van der Waals surface area (Å²) in [6.07, 6.45) is 0. The molecule has 5 heavy (non-hydrogen) atoms. The summed E-state index contributed by atoms with van der Waals surface area (Å²) in [5, 5.41) is 0. The van der Waals surface area contributed by atoms with E-state index >= 15 is 0 Å². The molecule has 0 bridgehead atoms. The third-order valence-electron chi connectivity index (χ3n) is 0. The van der Waals surface area contributed by atoms with E-state index in [0.29, 0.717) is 0 Å². The molecule has 21 valence electrons. The van der Waals surface area contributed by atoms with E-state index in [9.17, 15) is 0 Å². The van der Waals surface area contributed by atoms with Crippen LogP contribution in [0.25, 0.3) is 0 Å². The van der Waals surface area contributed by atoms with Crippen molar-refractivity contribution in [1.82, 2.24) is 0 Å². The number of hydrogen-bond acceptors (Lipinski definition) is 0. The fraction of sp³-hybridized carbons (Fsp3) is 0. The first-order chi connectivity index (χ1) is 0. The van der Waals surface area contributed by atoms with E-state index < -0.39 is 0 Å². The molecule has 0 rings (SSSR count). The maximum Gasteiger partial charge on any atom is 0 e. The maximum atomic E-state index is 0. The van der Waals surface area contributed by atoms with Gasteiger partial charge in [0.15, 0.2) is 0 Å². The van der Waals surface area contributed by atoms with E-state index in [1.807, 2.05) is 0 Å². The van der Waals surface area contributed by atoms with Crippen LogP contribution >= 0.6 is 0 Å². The average Bonchev–Trinajstić information content (AvgIpc) is 0. The molecule has 0 nitrogen and oxygen atoms in total. The molecule has 0 amide bonds. The standard InChI is InChI=1S/Ca.Cu.Mg.Pb.Zn. The second-order valence-corrected chi connectivity index (χ2v) is 0. The van der Waals surface area contributed by atoms with Crippen LogP contribution in [0.1, 0.15) is 0 Å². The van der Waals surface area contributed by atoms with Crippen molar-refractivity contribution in [2.45, 2.75) is 0 Å². The molecule has 0 aliphatic heterocycles. The monoisotopic (exact) mass is 399 g/mol. The van der Waals surface area contributed by atoms with Gasteiger partial charge in [-0.3, -0.25) is 0 Å². The van der Waals surface area contributed by atoms with Gasteiger partial charge in [0.1, 0.15) is 0 Å². The minimum atomic E-state index is 0. The Hall–Kier alpha value is 4.09. The molecule has 0 aliphatic rings. The van der Waals surface area contributed by atoms with Gasteiger partial charge in [0.05, 0.1) is 0 Å². The predicted molar refractivity (Wildman–Crippen MR) is 17.3 cm³/mol. The van der Waals surface area contributed by atoms with E-state index in [0.717, 1.165) is 0 Å². The van der Waals surface area contributed by atoms with Crippen molar-refractivity contribution in [2.24, 2.45) is 0 Å². The molecule has 9 radical (unpaired) electrons. The summed E-state index contributed by atoms with van der Waals surface area (Å²) in [5.74, 6) is 0. The van der Waals surface area contributed by atoms with Crippen molar-refractivity contribution in [3.8, 4) is 0 Å². The van der Waals surface area contributed by atoms with Crippen LogP contribution in [-0.2, 0) is 36.5 Å². The topological polar surface area (TPSA) is 0 Å². The predicted octanol–water partition coefficient (Wildman–Crippen LogP) is -1.15. The Morgan fingerprint density at radius 2 is 1.00 bits per heavy atom. The van der Waals surface area contributed by atoms with E-state index in [1.165, 1.54) is 0 Å². The van der Waals surface area contributed by atoms with Crippen molar-refractivity contribution in [3.63, 3.8) is 0 Å². The molecule has 0 spiro atoms. The van der Waals surface area contributed by atoms with Crippen LogP contribution < -0.4 is 0 Å². The van der Waals surface area contributed by atoms with Crippen molar-refractivity contribution in [3.05, 3.63) is 0 Å². The second kappa shape index (κ2) is 24.3. The van der Waals surface area contributed by atoms with Crippen LogP contribution in [0, 0.1) is 0 Å². The molecule has 0 saturated heterocycles. The fourth-order valence-electron chi connectivity index (χ4n) is 0. The normalized spacial score (nSPS) is 0. The van der Waals surface area contributed by atoms with Gasteiger partial charge in [0.25, 0.3) is 0 Å². The van der Waals surface area contributed by atoms with Gasteiger partial charge < -0.3 is 0 Å². The zero-order valence-corrected chi connectivity index (χ0v) is 14.3. The van der Waals surface area contributed by atoms with Crippen LogP contribution in [0.3, 0.4) is 0 Å². The van der Waals surface area contributed by atoms with E-state index in [4.69, 9.17) is 0 Å². The average molecular weight is 401 g/mol. The maximum absolute atomic E-state index is 0. The molecule has 0 fully saturated rings. The number of hydrogen-bond donors (Lipinski definition) is 0. The summed E-state index contributed by atoms with van der Waals surface area (Å²) in [4.78, 5) is 0. The second-order valence-electron chi connectivity index (χ2n) is 0. The first-order valence-corrected chi connectivity index (χ1v) is 0. The quantitative estimate of drug-likeness (QED) is 0.451. The van der Waals surface area contributed by atoms with E-state index in [-0.39, 0.29) is 125 Å². The third-order valence-corrected chi connectivity index (χ3v) is 0. The first kappa shape index (κ1) is 35.6. The third kappa shape index (κ3) is 17.9. The van der Waals surface area contributed by atoms with E-state index in [1.54, 1.807) is 0 Å².